The highest BCUT2D eigenvalue weighted by atomic mass is 14.7. The lowest BCUT2D eigenvalue weighted by Gasteiger charge is -2.23. The summed E-state index contributed by atoms with van der Waals surface area (Å²) in [5.41, 5.74) is 11.2. The average Bonchev–Trinajstić information content (AvgIpc) is 2.60. The second kappa shape index (κ2) is 6.47. The van der Waals surface area contributed by atoms with Gasteiger partial charge in [-0.1, -0.05) is 37.0 Å². The largest absolute Gasteiger partial charge is 0.322 e. The number of aromatic nitrogens is 1. The Morgan fingerprint density at radius 1 is 0.958 bits per heavy atom. The molecule has 0 radical (unpaired) electrons. The molecule has 1 heterocycles. The maximum Gasteiger partial charge on any atom is 0.0706 e. The zero-order chi connectivity index (χ0) is 17.2. The van der Waals surface area contributed by atoms with Crippen molar-refractivity contribution in [2.75, 3.05) is 0 Å². The van der Waals surface area contributed by atoms with Crippen LogP contribution in [0.2, 0.25) is 0 Å². The summed E-state index contributed by atoms with van der Waals surface area (Å²) in [5.74, 6) is 6.45. The maximum atomic E-state index is 6.27. The molecule has 0 aliphatic rings. The Bertz CT molecular complexity index is 926. The summed E-state index contributed by atoms with van der Waals surface area (Å²) < 4.78 is 0. The van der Waals surface area contributed by atoms with Crippen LogP contribution in [0.25, 0.3) is 10.9 Å². The molecule has 1 atom stereocenters. The first-order chi connectivity index (χ1) is 11.5. The van der Waals surface area contributed by atoms with Crippen LogP contribution in [0, 0.1) is 18.8 Å². The van der Waals surface area contributed by atoms with Gasteiger partial charge in [-0.25, -0.2) is 0 Å². The molecule has 0 aliphatic heterocycles. The van der Waals surface area contributed by atoms with E-state index in [0.29, 0.717) is 0 Å². The lowest BCUT2D eigenvalue weighted by atomic mass is 9.90. The quantitative estimate of drug-likeness (QED) is 0.706. The molecule has 0 spiro atoms. The number of nitrogens with two attached hydrogens (primary N) is 1. The first-order valence-corrected chi connectivity index (χ1v) is 8.27. The Kier molecular flexibility index (Phi) is 4.38. The van der Waals surface area contributed by atoms with Gasteiger partial charge >= 0.3 is 0 Å². The SMILES string of the molecule is CCC(C)(N)c1ccc(C#Cc2ccc3nc(C)ccc3c2)cc1. The fourth-order valence-electron chi connectivity index (χ4n) is 2.59. The molecule has 0 saturated heterocycles. The number of aryl methyl sites for hydroxylation is 1. The number of rotatable bonds is 2. The van der Waals surface area contributed by atoms with Gasteiger partial charge in [0.2, 0.25) is 0 Å². The van der Waals surface area contributed by atoms with Crippen LogP contribution in [0.1, 0.15) is 42.7 Å². The van der Waals surface area contributed by atoms with E-state index in [1.807, 2.05) is 37.3 Å². The molecule has 2 nitrogen and oxygen atoms in total. The van der Waals surface area contributed by atoms with Gasteiger partial charge in [-0.15, -0.1) is 0 Å². The number of benzene rings is 2. The summed E-state index contributed by atoms with van der Waals surface area (Å²) in [4.78, 5) is 4.52. The topological polar surface area (TPSA) is 38.9 Å². The number of pyridine rings is 1. The van der Waals surface area contributed by atoms with Crippen molar-refractivity contribution < 1.29 is 0 Å². The molecular weight excluding hydrogens is 292 g/mol. The van der Waals surface area contributed by atoms with E-state index in [-0.39, 0.29) is 5.54 Å². The van der Waals surface area contributed by atoms with Gasteiger partial charge in [0.15, 0.2) is 0 Å². The third-order valence-corrected chi connectivity index (χ3v) is 4.46. The van der Waals surface area contributed by atoms with Gasteiger partial charge in [-0.2, -0.15) is 0 Å². The van der Waals surface area contributed by atoms with E-state index in [1.165, 1.54) is 0 Å². The zero-order valence-corrected chi connectivity index (χ0v) is 14.4. The molecule has 0 fully saturated rings. The standard InChI is InChI=1S/C22H22N2/c1-4-22(3,23)20-12-8-17(9-13-20)6-7-18-10-14-21-19(15-18)11-5-16(2)24-21/h5,8-15H,4,23H2,1-3H3. The van der Waals surface area contributed by atoms with Gasteiger partial charge in [0, 0.05) is 27.7 Å². The van der Waals surface area contributed by atoms with E-state index in [2.05, 4.69) is 54.9 Å². The molecule has 2 heteroatoms. The van der Waals surface area contributed by atoms with Crippen molar-refractivity contribution in [3.05, 3.63) is 77.0 Å². The van der Waals surface area contributed by atoms with Crippen molar-refractivity contribution in [3.63, 3.8) is 0 Å². The minimum Gasteiger partial charge on any atom is -0.322 e. The second-order valence-electron chi connectivity index (χ2n) is 6.46. The van der Waals surface area contributed by atoms with E-state index in [0.717, 1.165) is 39.7 Å². The Hall–Kier alpha value is -2.63. The minimum absolute atomic E-state index is 0.282. The number of nitrogens with zero attached hydrogens (tertiary/aromatic N) is 1. The molecule has 120 valence electrons. The smallest absolute Gasteiger partial charge is 0.0706 e. The lowest BCUT2D eigenvalue weighted by molar-refractivity contribution is 0.476. The van der Waals surface area contributed by atoms with Crippen molar-refractivity contribution in [2.45, 2.75) is 32.7 Å². The molecule has 0 aliphatic carbocycles. The van der Waals surface area contributed by atoms with Crippen molar-refractivity contribution in [3.8, 4) is 11.8 Å². The van der Waals surface area contributed by atoms with Crippen LogP contribution >= 0.6 is 0 Å². The average molecular weight is 314 g/mol. The molecule has 0 saturated carbocycles. The normalized spacial score (nSPS) is 13.2. The van der Waals surface area contributed by atoms with E-state index >= 15 is 0 Å². The van der Waals surface area contributed by atoms with E-state index in [9.17, 15) is 0 Å². The van der Waals surface area contributed by atoms with Gasteiger partial charge in [0.05, 0.1) is 5.52 Å². The molecule has 0 bridgehead atoms. The summed E-state index contributed by atoms with van der Waals surface area (Å²) >= 11 is 0. The monoisotopic (exact) mass is 314 g/mol. The highest BCUT2D eigenvalue weighted by Crippen LogP contribution is 2.21. The van der Waals surface area contributed by atoms with Gasteiger partial charge < -0.3 is 5.73 Å². The first kappa shape index (κ1) is 16.2. The van der Waals surface area contributed by atoms with Gasteiger partial charge in [0.1, 0.15) is 0 Å². The molecule has 24 heavy (non-hydrogen) atoms. The highest BCUT2D eigenvalue weighted by Gasteiger charge is 2.17. The summed E-state index contributed by atoms with van der Waals surface area (Å²) in [6, 6.07) is 18.4. The number of fused-ring (bicyclic) bond motifs is 1. The van der Waals surface area contributed by atoms with Crippen LogP contribution in [0.5, 0.6) is 0 Å². The van der Waals surface area contributed by atoms with Crippen molar-refractivity contribution in [1.29, 1.82) is 0 Å². The van der Waals surface area contributed by atoms with Crippen molar-refractivity contribution >= 4 is 10.9 Å². The first-order valence-electron chi connectivity index (χ1n) is 8.27. The van der Waals surface area contributed by atoms with Crippen LogP contribution in [0.15, 0.2) is 54.6 Å². The molecular formula is C22H22N2. The Morgan fingerprint density at radius 3 is 2.33 bits per heavy atom. The maximum absolute atomic E-state index is 6.27. The second-order valence-corrected chi connectivity index (χ2v) is 6.46. The molecule has 2 aromatic carbocycles. The van der Waals surface area contributed by atoms with Crippen molar-refractivity contribution in [2.24, 2.45) is 5.73 Å². The van der Waals surface area contributed by atoms with Crippen LogP contribution in [-0.2, 0) is 5.54 Å². The third kappa shape index (κ3) is 3.48. The number of hydrogen-bond donors (Lipinski definition) is 1. The predicted molar refractivity (Wildman–Crippen MR) is 101 cm³/mol. The van der Waals surface area contributed by atoms with Crippen LogP contribution in [0.4, 0.5) is 0 Å². The van der Waals surface area contributed by atoms with Gasteiger partial charge in [0.25, 0.3) is 0 Å². The fourth-order valence-corrected chi connectivity index (χ4v) is 2.59. The third-order valence-electron chi connectivity index (χ3n) is 4.46. The summed E-state index contributed by atoms with van der Waals surface area (Å²) in [5, 5.41) is 1.12. The summed E-state index contributed by atoms with van der Waals surface area (Å²) in [7, 11) is 0. The van der Waals surface area contributed by atoms with Gasteiger partial charge in [-0.3, -0.25) is 4.98 Å². The Labute approximate surface area is 143 Å². The van der Waals surface area contributed by atoms with Crippen LogP contribution in [0.3, 0.4) is 0 Å². The van der Waals surface area contributed by atoms with Gasteiger partial charge in [-0.05, 0) is 62.2 Å². The molecule has 3 aromatic rings. The molecule has 1 aromatic heterocycles. The van der Waals surface area contributed by atoms with E-state index < -0.39 is 0 Å². The van der Waals surface area contributed by atoms with Crippen molar-refractivity contribution in [1.82, 2.24) is 4.98 Å². The van der Waals surface area contributed by atoms with E-state index in [1.54, 1.807) is 0 Å². The summed E-state index contributed by atoms with van der Waals surface area (Å²) in [6.07, 6.45) is 0.905. The Morgan fingerprint density at radius 2 is 1.62 bits per heavy atom. The fraction of sp³-hybridized carbons (Fsp3) is 0.227. The van der Waals surface area contributed by atoms with Crippen LogP contribution < -0.4 is 5.73 Å². The van der Waals surface area contributed by atoms with E-state index in [4.69, 9.17) is 5.73 Å². The molecule has 1 unspecified atom stereocenters. The zero-order valence-electron chi connectivity index (χ0n) is 14.4. The molecule has 2 N–H and O–H groups in total. The van der Waals surface area contributed by atoms with Crippen LogP contribution in [-0.4, -0.2) is 4.98 Å². The summed E-state index contributed by atoms with van der Waals surface area (Å²) in [6.45, 7) is 6.16. The minimum atomic E-state index is -0.282. The molecule has 0 amide bonds. The highest BCUT2D eigenvalue weighted by molar-refractivity contribution is 5.80. The molecule has 3 rings (SSSR count). The Balaban J connectivity index is 1.86. The number of hydrogen-bond acceptors (Lipinski definition) is 2. The lowest BCUT2D eigenvalue weighted by Crippen LogP contribution is -2.31. The predicted octanol–water partition coefficient (Wildman–Crippen LogP) is 4.53.